The van der Waals surface area contributed by atoms with Crippen molar-refractivity contribution in [1.29, 1.82) is 0 Å². The van der Waals surface area contributed by atoms with Crippen LogP contribution in [0.25, 0.3) is 0 Å². The highest BCUT2D eigenvalue weighted by molar-refractivity contribution is 5.09. The molecule has 29 heavy (non-hydrogen) atoms. The molecule has 4 aliphatic carbocycles. The first kappa shape index (κ1) is 22.2. The van der Waals surface area contributed by atoms with Crippen molar-refractivity contribution in [3.63, 3.8) is 0 Å². The molecule has 0 amide bonds. The van der Waals surface area contributed by atoms with E-state index in [1.807, 2.05) is 0 Å². The molecular weight excluding hydrogens is 352 g/mol. The number of hydrogen-bond donors (Lipinski definition) is 1. The van der Waals surface area contributed by atoms with E-state index < -0.39 is 0 Å². The Balaban J connectivity index is 1.36. The van der Waals surface area contributed by atoms with Crippen LogP contribution in [0.2, 0.25) is 0 Å². The van der Waals surface area contributed by atoms with Crippen LogP contribution in [0.1, 0.15) is 124 Å². The smallest absolute Gasteiger partial charge is 0.0543 e. The van der Waals surface area contributed by atoms with Crippen molar-refractivity contribution < 1.29 is 5.11 Å². The molecule has 9 unspecified atom stereocenters. The lowest BCUT2D eigenvalue weighted by molar-refractivity contribution is -0.127. The molecule has 0 aromatic rings. The molecule has 1 nitrogen and oxygen atoms in total. The highest BCUT2D eigenvalue weighted by Crippen LogP contribution is 2.67. The summed E-state index contributed by atoms with van der Waals surface area (Å²) in [5.41, 5.74) is 1.19. The third-order valence-electron chi connectivity index (χ3n) is 11.1. The quantitative estimate of drug-likeness (QED) is 0.428. The van der Waals surface area contributed by atoms with Gasteiger partial charge in [0.2, 0.25) is 0 Å². The second kappa shape index (κ2) is 8.84. The lowest BCUT2D eigenvalue weighted by Gasteiger charge is -2.61. The van der Waals surface area contributed by atoms with Crippen molar-refractivity contribution in [3.8, 4) is 0 Å². The second-order valence-corrected chi connectivity index (χ2v) is 12.6. The van der Waals surface area contributed by atoms with Crippen molar-refractivity contribution in [3.05, 3.63) is 0 Å². The summed E-state index contributed by atoms with van der Waals surface area (Å²) < 4.78 is 0. The molecule has 0 aliphatic heterocycles. The Kier molecular flexibility index (Phi) is 6.75. The Morgan fingerprint density at radius 3 is 2.41 bits per heavy atom. The Bertz CT molecular complexity index is 542. The molecule has 0 spiro atoms. The third-order valence-corrected chi connectivity index (χ3v) is 11.1. The Hall–Kier alpha value is -0.0400. The van der Waals surface area contributed by atoms with Gasteiger partial charge in [0.1, 0.15) is 0 Å². The molecule has 0 radical (unpaired) electrons. The molecule has 4 rings (SSSR count). The predicted molar refractivity (Wildman–Crippen MR) is 124 cm³/mol. The molecule has 9 atom stereocenters. The maximum Gasteiger partial charge on any atom is 0.0543 e. The van der Waals surface area contributed by atoms with Crippen LogP contribution in [-0.4, -0.2) is 11.2 Å². The molecule has 0 aromatic heterocycles. The highest BCUT2D eigenvalue weighted by Gasteiger charge is 2.59. The van der Waals surface area contributed by atoms with Gasteiger partial charge in [-0.15, -0.1) is 0 Å². The van der Waals surface area contributed by atoms with Crippen molar-refractivity contribution >= 4 is 0 Å². The number of fused-ring (bicyclic) bond motifs is 5. The van der Waals surface area contributed by atoms with Gasteiger partial charge in [0, 0.05) is 0 Å². The van der Waals surface area contributed by atoms with Gasteiger partial charge in [-0.3, -0.25) is 0 Å². The van der Waals surface area contributed by atoms with E-state index in [0.29, 0.717) is 10.8 Å². The van der Waals surface area contributed by atoms with E-state index in [9.17, 15) is 5.11 Å². The van der Waals surface area contributed by atoms with Gasteiger partial charge in [-0.1, -0.05) is 59.8 Å². The van der Waals surface area contributed by atoms with Crippen LogP contribution in [0, 0.1) is 46.3 Å². The fraction of sp³-hybridized carbons (Fsp3) is 1.00. The SMILES string of the molecule is CCCC(C)CCCCC1CCC2C3CCC4CC(O)CCC4(C)C3CCC12C. The zero-order valence-electron chi connectivity index (χ0n) is 20.1. The fourth-order valence-electron chi connectivity index (χ4n) is 9.34. The average molecular weight is 403 g/mol. The van der Waals surface area contributed by atoms with Gasteiger partial charge in [-0.25, -0.2) is 0 Å². The van der Waals surface area contributed by atoms with E-state index in [0.717, 1.165) is 48.3 Å². The molecule has 1 N–H and O–H groups in total. The van der Waals surface area contributed by atoms with E-state index in [1.165, 1.54) is 83.5 Å². The standard InChI is InChI=1S/C28H50O/c1-5-8-20(2)9-6-7-10-21-12-14-25-24-13-11-22-19-23(29)15-17-28(22,4)26(24)16-18-27(21,25)3/h20-26,29H,5-19H2,1-4H3. The fourth-order valence-corrected chi connectivity index (χ4v) is 9.34. The topological polar surface area (TPSA) is 20.2 Å². The Morgan fingerprint density at radius 2 is 1.62 bits per heavy atom. The number of unbranched alkanes of at least 4 members (excludes halogenated alkanes) is 1. The molecule has 0 saturated heterocycles. The summed E-state index contributed by atoms with van der Waals surface area (Å²) in [4.78, 5) is 0. The number of hydrogen-bond acceptors (Lipinski definition) is 1. The summed E-state index contributed by atoms with van der Waals surface area (Å²) >= 11 is 0. The summed E-state index contributed by atoms with van der Waals surface area (Å²) in [7, 11) is 0. The van der Waals surface area contributed by atoms with E-state index in [4.69, 9.17) is 0 Å². The summed E-state index contributed by atoms with van der Waals surface area (Å²) in [6.07, 6.45) is 21.0. The van der Waals surface area contributed by atoms with Crippen LogP contribution < -0.4 is 0 Å². The van der Waals surface area contributed by atoms with E-state index in [2.05, 4.69) is 27.7 Å². The number of rotatable bonds is 7. The van der Waals surface area contributed by atoms with Gasteiger partial charge in [-0.2, -0.15) is 0 Å². The van der Waals surface area contributed by atoms with E-state index in [-0.39, 0.29) is 6.10 Å². The minimum absolute atomic E-state index is 0.00520. The minimum atomic E-state index is -0.00520. The number of aliphatic hydroxyl groups is 1. The summed E-state index contributed by atoms with van der Waals surface area (Å²) in [6, 6.07) is 0. The average Bonchev–Trinajstić information content (AvgIpc) is 3.02. The van der Waals surface area contributed by atoms with Crippen LogP contribution in [0.3, 0.4) is 0 Å². The predicted octanol–water partition coefficient (Wildman–Crippen LogP) is 8.00. The molecule has 0 heterocycles. The van der Waals surface area contributed by atoms with Crippen molar-refractivity contribution in [2.45, 2.75) is 130 Å². The second-order valence-electron chi connectivity index (χ2n) is 12.6. The van der Waals surface area contributed by atoms with Crippen LogP contribution >= 0.6 is 0 Å². The molecule has 1 heteroatoms. The lowest BCUT2D eigenvalue weighted by Crippen LogP contribution is -2.53. The van der Waals surface area contributed by atoms with E-state index >= 15 is 0 Å². The molecule has 4 aliphatic rings. The summed E-state index contributed by atoms with van der Waals surface area (Å²) in [5, 5.41) is 10.3. The Morgan fingerprint density at radius 1 is 0.862 bits per heavy atom. The van der Waals surface area contributed by atoms with Gasteiger partial charge in [0.25, 0.3) is 0 Å². The zero-order valence-corrected chi connectivity index (χ0v) is 20.1. The van der Waals surface area contributed by atoms with Crippen molar-refractivity contribution in [2.24, 2.45) is 46.3 Å². The largest absolute Gasteiger partial charge is 0.393 e. The maximum absolute atomic E-state index is 10.3. The van der Waals surface area contributed by atoms with Crippen LogP contribution in [-0.2, 0) is 0 Å². The van der Waals surface area contributed by atoms with Gasteiger partial charge in [-0.05, 0) is 111 Å². The molecule has 168 valence electrons. The first-order valence-corrected chi connectivity index (χ1v) is 13.6. The van der Waals surface area contributed by atoms with Crippen LogP contribution in [0.5, 0.6) is 0 Å². The van der Waals surface area contributed by atoms with Gasteiger partial charge in [0.15, 0.2) is 0 Å². The van der Waals surface area contributed by atoms with Crippen LogP contribution in [0.15, 0.2) is 0 Å². The Labute approximate surface area is 181 Å². The minimum Gasteiger partial charge on any atom is -0.393 e. The number of aliphatic hydroxyl groups excluding tert-OH is 1. The molecule has 4 fully saturated rings. The zero-order chi connectivity index (χ0) is 20.6. The maximum atomic E-state index is 10.3. The first-order chi connectivity index (χ1) is 13.9. The monoisotopic (exact) mass is 402 g/mol. The first-order valence-electron chi connectivity index (χ1n) is 13.6. The normalized spacial score (nSPS) is 47.9. The van der Waals surface area contributed by atoms with Crippen molar-refractivity contribution in [1.82, 2.24) is 0 Å². The highest BCUT2D eigenvalue weighted by atomic mass is 16.3. The summed E-state index contributed by atoms with van der Waals surface area (Å²) in [6.45, 7) is 10.1. The van der Waals surface area contributed by atoms with Gasteiger partial charge >= 0.3 is 0 Å². The molecule has 4 saturated carbocycles. The summed E-state index contributed by atoms with van der Waals surface area (Å²) in [5.74, 6) is 5.72. The van der Waals surface area contributed by atoms with Crippen molar-refractivity contribution in [2.75, 3.05) is 0 Å². The lowest BCUT2D eigenvalue weighted by atomic mass is 9.44. The molecule has 0 bridgehead atoms. The van der Waals surface area contributed by atoms with Gasteiger partial charge < -0.3 is 5.11 Å². The van der Waals surface area contributed by atoms with Gasteiger partial charge in [0.05, 0.1) is 6.10 Å². The van der Waals surface area contributed by atoms with E-state index in [1.54, 1.807) is 0 Å². The molecule has 0 aromatic carbocycles. The van der Waals surface area contributed by atoms with Crippen LogP contribution in [0.4, 0.5) is 0 Å². The third kappa shape index (κ3) is 4.08. The molecular formula is C28H50O.